The van der Waals surface area contributed by atoms with Gasteiger partial charge in [0.15, 0.2) is 11.5 Å². The van der Waals surface area contributed by atoms with Gasteiger partial charge in [-0.25, -0.2) is 23.7 Å². The summed E-state index contributed by atoms with van der Waals surface area (Å²) in [5.41, 5.74) is 3.45. The number of fused-ring (bicyclic) bond motifs is 2. The zero-order valence-electron chi connectivity index (χ0n) is 23.2. The van der Waals surface area contributed by atoms with Crippen molar-refractivity contribution >= 4 is 51.3 Å². The summed E-state index contributed by atoms with van der Waals surface area (Å²) in [7, 11) is 1.72. The van der Waals surface area contributed by atoms with Gasteiger partial charge in [-0.3, -0.25) is 9.36 Å². The van der Waals surface area contributed by atoms with Crippen LogP contribution in [0.2, 0.25) is 5.15 Å². The largest absolute Gasteiger partial charge is 0.476 e. The molecular formula is C29H28ClFN8O3. The minimum Gasteiger partial charge on any atom is -0.476 e. The highest BCUT2D eigenvalue weighted by atomic mass is 35.5. The number of pyridine rings is 2. The van der Waals surface area contributed by atoms with Crippen molar-refractivity contribution in [3.63, 3.8) is 0 Å². The lowest BCUT2D eigenvalue weighted by Gasteiger charge is -2.37. The molecule has 0 radical (unpaired) electrons. The van der Waals surface area contributed by atoms with Crippen LogP contribution >= 0.6 is 11.6 Å². The van der Waals surface area contributed by atoms with Gasteiger partial charge in [0.1, 0.15) is 10.7 Å². The molecule has 2 N–H and O–H groups in total. The Morgan fingerprint density at radius 3 is 2.57 bits per heavy atom. The summed E-state index contributed by atoms with van der Waals surface area (Å²) in [6.07, 6.45) is 2.94. The lowest BCUT2D eigenvalue weighted by atomic mass is 10.0. The molecule has 13 heteroatoms. The molecule has 0 amide bonds. The minimum absolute atomic E-state index is 0.0797. The Kier molecular flexibility index (Phi) is 6.93. The Labute approximate surface area is 244 Å². The maximum Gasteiger partial charge on any atom is 0.356 e. The Bertz CT molecular complexity index is 1920. The quantitative estimate of drug-likeness (QED) is 0.279. The molecule has 0 aliphatic carbocycles. The minimum atomic E-state index is -1.20. The fourth-order valence-corrected chi connectivity index (χ4v) is 5.63. The number of aromatic carboxylic acids is 1. The van der Waals surface area contributed by atoms with Crippen molar-refractivity contribution in [2.45, 2.75) is 19.9 Å². The molecule has 0 bridgehead atoms. The summed E-state index contributed by atoms with van der Waals surface area (Å²) in [5, 5.41) is 17.4. The zero-order valence-corrected chi connectivity index (χ0v) is 23.9. The van der Waals surface area contributed by atoms with Crippen LogP contribution in [0.4, 0.5) is 21.7 Å². The van der Waals surface area contributed by atoms with E-state index in [4.69, 9.17) is 16.6 Å². The lowest BCUT2D eigenvalue weighted by molar-refractivity contribution is 0.0691. The van der Waals surface area contributed by atoms with Gasteiger partial charge in [0, 0.05) is 50.7 Å². The van der Waals surface area contributed by atoms with Crippen LogP contribution in [-0.2, 0) is 7.05 Å². The van der Waals surface area contributed by atoms with Crippen molar-refractivity contribution in [3.05, 3.63) is 86.9 Å². The number of benzene rings is 1. The van der Waals surface area contributed by atoms with Crippen molar-refractivity contribution < 1.29 is 14.3 Å². The molecule has 1 aliphatic rings. The van der Waals surface area contributed by atoms with Crippen LogP contribution in [0, 0.1) is 12.7 Å². The summed E-state index contributed by atoms with van der Waals surface area (Å²) in [5.74, 6) is -1.03. The van der Waals surface area contributed by atoms with E-state index < -0.39 is 12.0 Å². The molecular weight excluding hydrogens is 563 g/mol. The summed E-state index contributed by atoms with van der Waals surface area (Å²) in [6, 6.07) is 10.2. The van der Waals surface area contributed by atoms with Gasteiger partial charge < -0.3 is 20.2 Å². The number of aryl methyl sites for hydroxylation is 1. The van der Waals surface area contributed by atoms with Crippen LogP contribution in [-0.4, -0.2) is 61.4 Å². The number of piperazine rings is 1. The highest BCUT2D eigenvalue weighted by Gasteiger charge is 2.24. The van der Waals surface area contributed by atoms with Crippen molar-refractivity contribution in [3.8, 4) is 0 Å². The average Bonchev–Trinajstić information content (AvgIpc) is 3.35. The highest BCUT2D eigenvalue weighted by Crippen LogP contribution is 2.30. The number of hydrogen-bond donors (Lipinski definition) is 2. The second-order valence-corrected chi connectivity index (χ2v) is 10.8. The summed E-state index contributed by atoms with van der Waals surface area (Å²) in [4.78, 5) is 38.6. The summed E-state index contributed by atoms with van der Waals surface area (Å²) >= 11 is 5.93. The van der Waals surface area contributed by atoms with E-state index in [0.717, 1.165) is 16.8 Å². The van der Waals surface area contributed by atoms with Gasteiger partial charge in [0.25, 0.3) is 5.56 Å². The molecule has 0 saturated carbocycles. The Hall–Kier alpha value is -4.71. The molecule has 1 aliphatic heterocycles. The summed E-state index contributed by atoms with van der Waals surface area (Å²) in [6.45, 7) is 6.30. The number of carboxylic acids is 1. The number of anilines is 3. The van der Waals surface area contributed by atoms with E-state index >= 15 is 0 Å². The van der Waals surface area contributed by atoms with Gasteiger partial charge in [0.2, 0.25) is 5.95 Å². The second-order valence-electron chi connectivity index (χ2n) is 10.4. The Morgan fingerprint density at radius 2 is 1.83 bits per heavy atom. The van der Waals surface area contributed by atoms with Gasteiger partial charge in [0.05, 0.1) is 28.8 Å². The van der Waals surface area contributed by atoms with Gasteiger partial charge in [-0.2, -0.15) is 5.10 Å². The van der Waals surface area contributed by atoms with Crippen LogP contribution in [0.15, 0.2) is 53.6 Å². The standard InChI is InChI=1S/C29H28ClFN8O3/c1-16-12-19(17(2)33-22-4-5-24(30)34-26(22)28(41)42)25-20(13-16)27(40)36(3)29(35-25)38-10-8-37(9-11-38)18-6-7-39-23(14-18)21(31)15-32-39/h4-7,12-15,17,33H,8-11H2,1-3H3,(H,41,42)/t17-/m1/s1. The van der Waals surface area contributed by atoms with Gasteiger partial charge >= 0.3 is 5.97 Å². The van der Waals surface area contributed by atoms with Crippen molar-refractivity contribution in [1.29, 1.82) is 0 Å². The third-order valence-electron chi connectivity index (χ3n) is 7.62. The molecule has 1 saturated heterocycles. The van der Waals surface area contributed by atoms with E-state index in [9.17, 15) is 19.1 Å². The molecule has 5 heterocycles. The van der Waals surface area contributed by atoms with E-state index in [1.54, 1.807) is 29.9 Å². The van der Waals surface area contributed by atoms with Crippen molar-refractivity contribution in [2.75, 3.05) is 41.3 Å². The first-order valence-electron chi connectivity index (χ1n) is 13.4. The third kappa shape index (κ3) is 4.87. The molecule has 1 aromatic carbocycles. The Morgan fingerprint density at radius 1 is 1.10 bits per heavy atom. The van der Waals surface area contributed by atoms with Crippen LogP contribution in [0.3, 0.4) is 0 Å². The number of rotatable bonds is 6. The fourth-order valence-electron chi connectivity index (χ4n) is 5.48. The van der Waals surface area contributed by atoms with Gasteiger partial charge in [-0.15, -0.1) is 0 Å². The first-order chi connectivity index (χ1) is 20.1. The molecule has 4 aromatic heterocycles. The number of carbonyl (C=O) groups is 1. The SMILES string of the molecule is Cc1cc([C@@H](C)Nc2ccc(Cl)nc2C(=O)O)c2nc(N3CCN(c4ccn5ncc(F)c5c4)CC3)n(C)c(=O)c2c1. The molecule has 5 aromatic rings. The number of nitrogens with zero attached hydrogens (tertiary/aromatic N) is 7. The van der Waals surface area contributed by atoms with E-state index in [0.29, 0.717) is 54.2 Å². The molecule has 42 heavy (non-hydrogen) atoms. The predicted molar refractivity (Wildman–Crippen MR) is 160 cm³/mol. The smallest absolute Gasteiger partial charge is 0.356 e. The van der Waals surface area contributed by atoms with Crippen LogP contribution in [0.5, 0.6) is 0 Å². The van der Waals surface area contributed by atoms with E-state index in [2.05, 4.69) is 25.2 Å². The molecule has 216 valence electrons. The maximum absolute atomic E-state index is 14.1. The lowest BCUT2D eigenvalue weighted by Crippen LogP contribution is -2.48. The number of aromatic nitrogens is 5. The number of nitrogens with one attached hydrogen (secondary N) is 1. The van der Waals surface area contributed by atoms with E-state index in [1.165, 1.54) is 16.8 Å². The number of halogens is 2. The topological polar surface area (TPSA) is 121 Å². The monoisotopic (exact) mass is 590 g/mol. The predicted octanol–water partition coefficient (Wildman–Crippen LogP) is 4.28. The molecule has 1 atom stereocenters. The first kappa shape index (κ1) is 27.5. The molecule has 6 rings (SSSR count). The van der Waals surface area contributed by atoms with Crippen LogP contribution in [0.25, 0.3) is 16.4 Å². The molecule has 11 nitrogen and oxygen atoms in total. The van der Waals surface area contributed by atoms with Gasteiger partial charge in [-0.05, 0) is 49.7 Å². The van der Waals surface area contributed by atoms with E-state index in [1.807, 2.05) is 32.0 Å². The molecule has 1 fully saturated rings. The fraction of sp³-hybridized carbons (Fsp3) is 0.276. The normalized spacial score (nSPS) is 14.5. The van der Waals surface area contributed by atoms with Crippen molar-refractivity contribution in [1.82, 2.24) is 24.1 Å². The van der Waals surface area contributed by atoms with Crippen molar-refractivity contribution in [2.24, 2.45) is 7.05 Å². The van der Waals surface area contributed by atoms with Crippen LogP contribution in [0.1, 0.15) is 34.6 Å². The second kappa shape index (κ2) is 10.6. The Balaban J connectivity index is 1.31. The van der Waals surface area contributed by atoms with Crippen LogP contribution < -0.4 is 20.7 Å². The number of carboxylic acid groups (broad SMARTS) is 1. The molecule has 0 spiro atoms. The summed E-state index contributed by atoms with van der Waals surface area (Å²) < 4.78 is 17.2. The van der Waals surface area contributed by atoms with E-state index in [-0.39, 0.29) is 22.2 Å². The maximum atomic E-state index is 14.1. The first-order valence-corrected chi connectivity index (χ1v) is 13.8. The highest BCUT2D eigenvalue weighted by molar-refractivity contribution is 6.29. The van der Waals surface area contributed by atoms with Gasteiger partial charge in [-0.1, -0.05) is 17.7 Å². The average molecular weight is 591 g/mol. The zero-order chi connectivity index (χ0) is 29.7. The third-order valence-corrected chi connectivity index (χ3v) is 7.83. The molecule has 0 unspecified atom stereocenters. The number of hydrogen-bond acceptors (Lipinski definition) is 8.